The highest BCUT2D eigenvalue weighted by Gasteiger charge is 2.61. The zero-order valence-electron chi connectivity index (χ0n) is 7.93. The number of alkyl halides is 2. The molecule has 2 atom stereocenters. The minimum Gasteiger partial charge on any atom is -0.396 e. The van der Waals surface area contributed by atoms with Crippen molar-refractivity contribution < 1.29 is 13.9 Å². The molecule has 0 aromatic carbocycles. The van der Waals surface area contributed by atoms with Gasteiger partial charge < -0.3 is 10.4 Å². The molecule has 1 saturated carbocycles. The van der Waals surface area contributed by atoms with Gasteiger partial charge in [-0.2, -0.15) is 0 Å². The van der Waals surface area contributed by atoms with E-state index in [0.717, 1.165) is 6.42 Å². The van der Waals surface area contributed by atoms with Crippen molar-refractivity contribution in [3.8, 4) is 0 Å². The Morgan fingerprint density at radius 1 is 1.43 bits per heavy atom. The van der Waals surface area contributed by atoms with Crippen molar-refractivity contribution in [3.05, 3.63) is 0 Å². The molecule has 0 spiro atoms. The zero-order valence-corrected chi connectivity index (χ0v) is 8.75. The molecule has 1 aliphatic carbocycles. The van der Waals surface area contributed by atoms with E-state index in [1.54, 1.807) is 0 Å². The minimum absolute atomic E-state index is 0. The van der Waals surface area contributed by atoms with Gasteiger partial charge in [-0.3, -0.25) is 0 Å². The molecule has 14 heavy (non-hydrogen) atoms. The molecule has 1 heterocycles. The van der Waals surface area contributed by atoms with Gasteiger partial charge in [0.25, 0.3) is 5.92 Å². The van der Waals surface area contributed by atoms with Gasteiger partial charge in [-0.25, -0.2) is 8.78 Å². The monoisotopic (exact) mass is 227 g/mol. The summed E-state index contributed by atoms with van der Waals surface area (Å²) >= 11 is 0. The second kappa shape index (κ2) is 3.91. The van der Waals surface area contributed by atoms with Crippen LogP contribution in [0.1, 0.15) is 19.3 Å². The van der Waals surface area contributed by atoms with Gasteiger partial charge in [-0.15, -0.1) is 12.4 Å². The Hall–Kier alpha value is 0.0700. The number of rotatable bonds is 1. The van der Waals surface area contributed by atoms with E-state index in [4.69, 9.17) is 5.11 Å². The summed E-state index contributed by atoms with van der Waals surface area (Å²) in [4.78, 5) is 0. The third kappa shape index (κ3) is 1.44. The van der Waals surface area contributed by atoms with Gasteiger partial charge in [-0.05, 0) is 12.8 Å². The molecule has 2 fully saturated rings. The summed E-state index contributed by atoms with van der Waals surface area (Å²) in [5.74, 6) is -3.24. The molecule has 2 aliphatic rings. The number of hydrogen-bond acceptors (Lipinski definition) is 2. The van der Waals surface area contributed by atoms with E-state index in [-0.39, 0.29) is 19.0 Å². The van der Waals surface area contributed by atoms with Gasteiger partial charge in [-0.1, -0.05) is 6.42 Å². The summed E-state index contributed by atoms with van der Waals surface area (Å²) in [5.41, 5.74) is -1.17. The van der Waals surface area contributed by atoms with Crippen LogP contribution in [0.25, 0.3) is 0 Å². The number of aliphatic hydroxyl groups excluding tert-OH is 1. The summed E-state index contributed by atoms with van der Waals surface area (Å²) in [5, 5.41) is 12.1. The quantitative estimate of drug-likeness (QED) is 0.710. The molecule has 1 aliphatic heterocycles. The van der Waals surface area contributed by atoms with Crippen LogP contribution < -0.4 is 5.32 Å². The smallest absolute Gasteiger partial charge is 0.261 e. The molecule has 0 aromatic rings. The van der Waals surface area contributed by atoms with Crippen molar-refractivity contribution in [3.63, 3.8) is 0 Å². The first-order valence-electron chi connectivity index (χ1n) is 4.82. The van der Waals surface area contributed by atoms with E-state index >= 15 is 0 Å². The third-order valence-corrected chi connectivity index (χ3v) is 3.58. The Morgan fingerprint density at radius 2 is 2.14 bits per heavy atom. The Morgan fingerprint density at radius 3 is 2.71 bits per heavy atom. The standard InChI is InChI=1S/C9H15F2NO.ClH/c10-9(11)7-2-1-3-8(9,6-13)5-12-4-7;/h7,12-13H,1-6H2;1H. The number of halogens is 3. The van der Waals surface area contributed by atoms with Crippen molar-refractivity contribution in [2.75, 3.05) is 19.7 Å². The number of aliphatic hydroxyl groups is 1. The van der Waals surface area contributed by atoms with Crippen molar-refractivity contribution in [1.29, 1.82) is 0 Å². The van der Waals surface area contributed by atoms with Gasteiger partial charge >= 0.3 is 0 Å². The lowest BCUT2D eigenvalue weighted by molar-refractivity contribution is -0.215. The maximum absolute atomic E-state index is 13.8. The lowest BCUT2D eigenvalue weighted by Gasteiger charge is -2.50. The van der Waals surface area contributed by atoms with Crippen LogP contribution >= 0.6 is 12.4 Å². The SMILES string of the molecule is Cl.OCC12CCCC(CNC1)C2(F)F. The average Bonchev–Trinajstić information content (AvgIpc) is 2.02. The highest BCUT2D eigenvalue weighted by molar-refractivity contribution is 5.85. The number of piperidine rings is 1. The molecule has 2 nitrogen and oxygen atoms in total. The molecule has 5 heteroatoms. The van der Waals surface area contributed by atoms with Crippen LogP contribution in [0.2, 0.25) is 0 Å². The Balaban J connectivity index is 0.000000980. The van der Waals surface area contributed by atoms with Crippen molar-refractivity contribution >= 4 is 12.4 Å². The highest BCUT2D eigenvalue weighted by atomic mass is 35.5. The Bertz CT molecular complexity index is 203. The molecular formula is C9H16ClF2NO. The lowest BCUT2D eigenvalue weighted by atomic mass is 9.64. The second-order valence-electron chi connectivity index (χ2n) is 4.28. The van der Waals surface area contributed by atoms with Gasteiger partial charge in [0.1, 0.15) is 0 Å². The van der Waals surface area contributed by atoms with Gasteiger partial charge in [0.15, 0.2) is 0 Å². The van der Waals surface area contributed by atoms with Crippen LogP contribution in [-0.4, -0.2) is 30.7 Å². The first-order chi connectivity index (χ1) is 6.12. The predicted octanol–water partition coefficient (Wildman–Crippen LogP) is 1.43. The molecule has 2 bridgehead atoms. The zero-order chi connectivity index (χ0) is 9.53. The topological polar surface area (TPSA) is 32.3 Å². The molecule has 2 N–H and O–H groups in total. The molecule has 0 aromatic heterocycles. The number of fused-ring (bicyclic) bond motifs is 2. The van der Waals surface area contributed by atoms with Crippen LogP contribution in [0.3, 0.4) is 0 Å². The van der Waals surface area contributed by atoms with Gasteiger partial charge in [0.2, 0.25) is 0 Å². The fourth-order valence-electron chi connectivity index (χ4n) is 2.63. The third-order valence-electron chi connectivity index (χ3n) is 3.58. The summed E-state index contributed by atoms with van der Waals surface area (Å²) in [6.07, 6.45) is 1.85. The highest BCUT2D eigenvalue weighted by Crippen LogP contribution is 2.52. The predicted molar refractivity (Wildman–Crippen MR) is 51.9 cm³/mol. The summed E-state index contributed by atoms with van der Waals surface area (Å²) in [6.45, 7) is 0.255. The fraction of sp³-hybridized carbons (Fsp3) is 1.00. The molecule has 0 radical (unpaired) electrons. The Kier molecular flexibility index (Phi) is 3.39. The molecule has 2 rings (SSSR count). The maximum atomic E-state index is 13.8. The van der Waals surface area contributed by atoms with E-state index in [1.165, 1.54) is 0 Å². The fourth-order valence-corrected chi connectivity index (χ4v) is 2.63. The summed E-state index contributed by atoms with van der Waals surface area (Å²) < 4.78 is 27.5. The van der Waals surface area contributed by atoms with E-state index < -0.39 is 23.9 Å². The number of nitrogens with one attached hydrogen (secondary N) is 1. The first-order valence-corrected chi connectivity index (χ1v) is 4.82. The van der Waals surface area contributed by atoms with E-state index in [2.05, 4.69) is 5.32 Å². The molecule has 1 saturated heterocycles. The number of hydrogen-bond donors (Lipinski definition) is 2. The molecule has 2 unspecified atom stereocenters. The van der Waals surface area contributed by atoms with Crippen LogP contribution in [0.5, 0.6) is 0 Å². The van der Waals surface area contributed by atoms with E-state index in [1.807, 2.05) is 0 Å². The summed E-state index contributed by atoms with van der Waals surface area (Å²) in [7, 11) is 0. The summed E-state index contributed by atoms with van der Waals surface area (Å²) in [6, 6.07) is 0. The lowest BCUT2D eigenvalue weighted by Crippen LogP contribution is -2.63. The van der Waals surface area contributed by atoms with E-state index in [0.29, 0.717) is 19.4 Å². The van der Waals surface area contributed by atoms with E-state index in [9.17, 15) is 8.78 Å². The van der Waals surface area contributed by atoms with Crippen LogP contribution in [0, 0.1) is 11.3 Å². The van der Waals surface area contributed by atoms with Crippen LogP contribution in [0.4, 0.5) is 8.78 Å². The Labute approximate surface area is 88.5 Å². The average molecular weight is 228 g/mol. The van der Waals surface area contributed by atoms with Gasteiger partial charge in [0, 0.05) is 19.0 Å². The molecule has 84 valence electrons. The molecule has 0 amide bonds. The second-order valence-corrected chi connectivity index (χ2v) is 4.28. The van der Waals surface area contributed by atoms with Gasteiger partial charge in [0.05, 0.1) is 12.0 Å². The van der Waals surface area contributed by atoms with Crippen molar-refractivity contribution in [2.45, 2.75) is 25.2 Å². The minimum atomic E-state index is -2.68. The maximum Gasteiger partial charge on any atom is 0.261 e. The normalized spacial score (nSPS) is 40.1. The van der Waals surface area contributed by atoms with Crippen molar-refractivity contribution in [2.24, 2.45) is 11.3 Å². The van der Waals surface area contributed by atoms with Crippen LogP contribution in [0.15, 0.2) is 0 Å². The van der Waals surface area contributed by atoms with Crippen molar-refractivity contribution in [1.82, 2.24) is 5.32 Å². The molecular weight excluding hydrogens is 212 g/mol. The van der Waals surface area contributed by atoms with Crippen LogP contribution in [-0.2, 0) is 0 Å². The largest absolute Gasteiger partial charge is 0.396 e. The first kappa shape index (κ1) is 12.1.